The molecule has 76 valence electrons. The molecular weight excluding hydrogens is 202 g/mol. The van der Waals surface area contributed by atoms with Crippen LogP contribution < -0.4 is 16.8 Å². The van der Waals surface area contributed by atoms with E-state index in [0.29, 0.717) is 16.4 Å². The number of benzene rings is 1. The van der Waals surface area contributed by atoms with E-state index in [1.807, 2.05) is 0 Å². The summed E-state index contributed by atoms with van der Waals surface area (Å²) >= 11 is 5.77. The highest BCUT2D eigenvalue weighted by atomic mass is 35.5. The smallest absolute Gasteiger partial charge is 0.239 e. The first-order valence-corrected chi connectivity index (χ1v) is 4.49. The number of carbonyl (C=O) groups is 1. The fraction of sp³-hybridized carbons (Fsp3) is 0.222. The molecule has 1 atom stereocenters. The molecule has 0 fully saturated rings. The Labute approximate surface area is 87.2 Å². The maximum absolute atomic E-state index is 10.8. The number of nitrogens with two attached hydrogens (primary N) is 2. The molecule has 0 aliphatic carbocycles. The minimum absolute atomic E-state index is 0.440. The average Bonchev–Trinajstić information content (AvgIpc) is 2.11. The standard InChI is InChI=1S/C9H12ClN3O/c1-5(9(12)14)13-8-4-6(10)2-3-7(8)11/h2-5,13H,11H2,1H3,(H2,12,14). The van der Waals surface area contributed by atoms with Crippen molar-refractivity contribution < 1.29 is 4.79 Å². The van der Waals surface area contributed by atoms with E-state index < -0.39 is 11.9 Å². The predicted molar refractivity (Wildman–Crippen MR) is 58.1 cm³/mol. The quantitative estimate of drug-likeness (QED) is 0.660. The Bertz CT molecular complexity index is 354. The molecule has 0 aliphatic rings. The van der Waals surface area contributed by atoms with Crippen LogP contribution in [0.3, 0.4) is 0 Å². The van der Waals surface area contributed by atoms with Crippen LogP contribution >= 0.6 is 11.6 Å². The van der Waals surface area contributed by atoms with Crippen molar-refractivity contribution >= 4 is 28.9 Å². The van der Waals surface area contributed by atoms with Crippen LogP contribution in [0.5, 0.6) is 0 Å². The Balaban J connectivity index is 2.85. The van der Waals surface area contributed by atoms with Gasteiger partial charge in [0, 0.05) is 5.02 Å². The second-order valence-corrected chi connectivity index (χ2v) is 3.44. The first kappa shape index (κ1) is 10.7. The van der Waals surface area contributed by atoms with Crippen molar-refractivity contribution in [1.29, 1.82) is 0 Å². The molecule has 0 bridgehead atoms. The highest BCUT2D eigenvalue weighted by Gasteiger charge is 2.09. The summed E-state index contributed by atoms with van der Waals surface area (Å²) in [5, 5.41) is 3.42. The third-order valence-corrected chi connectivity index (χ3v) is 2.05. The minimum atomic E-state index is -0.476. The lowest BCUT2D eigenvalue weighted by atomic mass is 10.2. The number of hydrogen-bond donors (Lipinski definition) is 3. The molecule has 0 aliphatic heterocycles. The second-order valence-electron chi connectivity index (χ2n) is 3.00. The van der Waals surface area contributed by atoms with Gasteiger partial charge in [0.05, 0.1) is 11.4 Å². The Morgan fingerprint density at radius 1 is 1.57 bits per heavy atom. The first-order valence-electron chi connectivity index (χ1n) is 4.11. The molecule has 1 aromatic carbocycles. The predicted octanol–water partition coefficient (Wildman–Crippen LogP) is 1.21. The van der Waals surface area contributed by atoms with E-state index in [2.05, 4.69) is 5.32 Å². The number of nitrogens with one attached hydrogen (secondary N) is 1. The molecule has 1 unspecified atom stereocenters. The van der Waals surface area contributed by atoms with Gasteiger partial charge >= 0.3 is 0 Å². The summed E-state index contributed by atoms with van der Waals surface area (Å²) < 4.78 is 0. The van der Waals surface area contributed by atoms with Crippen molar-refractivity contribution in [3.05, 3.63) is 23.2 Å². The molecular formula is C9H12ClN3O. The summed E-state index contributed by atoms with van der Waals surface area (Å²) in [6.45, 7) is 1.66. The summed E-state index contributed by atoms with van der Waals surface area (Å²) in [7, 11) is 0. The molecule has 5 N–H and O–H groups in total. The maximum atomic E-state index is 10.8. The molecule has 0 saturated carbocycles. The van der Waals surface area contributed by atoms with E-state index in [0.717, 1.165) is 0 Å². The molecule has 4 nitrogen and oxygen atoms in total. The molecule has 1 amide bonds. The van der Waals surface area contributed by atoms with E-state index in [1.54, 1.807) is 25.1 Å². The fourth-order valence-electron chi connectivity index (χ4n) is 0.958. The van der Waals surface area contributed by atoms with Crippen molar-refractivity contribution in [3.8, 4) is 0 Å². The number of rotatable bonds is 3. The van der Waals surface area contributed by atoms with Gasteiger partial charge in [-0.2, -0.15) is 0 Å². The van der Waals surface area contributed by atoms with E-state index in [1.165, 1.54) is 0 Å². The van der Waals surface area contributed by atoms with Crippen LogP contribution in [0.1, 0.15) is 6.92 Å². The molecule has 1 aromatic rings. The molecule has 14 heavy (non-hydrogen) atoms. The van der Waals surface area contributed by atoms with Crippen LogP contribution in [0.4, 0.5) is 11.4 Å². The zero-order valence-corrected chi connectivity index (χ0v) is 8.51. The highest BCUT2D eigenvalue weighted by molar-refractivity contribution is 6.31. The Hall–Kier alpha value is -1.42. The maximum Gasteiger partial charge on any atom is 0.239 e. The number of anilines is 2. The van der Waals surface area contributed by atoms with Gasteiger partial charge in [-0.15, -0.1) is 0 Å². The summed E-state index contributed by atoms with van der Waals surface area (Å²) in [5.41, 5.74) is 11.9. The molecule has 1 rings (SSSR count). The topological polar surface area (TPSA) is 81.1 Å². The Morgan fingerprint density at radius 3 is 2.79 bits per heavy atom. The minimum Gasteiger partial charge on any atom is -0.397 e. The van der Waals surface area contributed by atoms with Gasteiger partial charge in [-0.05, 0) is 25.1 Å². The van der Waals surface area contributed by atoms with E-state index >= 15 is 0 Å². The van der Waals surface area contributed by atoms with Gasteiger partial charge in [0.2, 0.25) is 5.91 Å². The van der Waals surface area contributed by atoms with Gasteiger partial charge in [-0.1, -0.05) is 11.6 Å². The Kier molecular flexibility index (Phi) is 3.19. The molecule has 0 saturated heterocycles. The van der Waals surface area contributed by atoms with Gasteiger partial charge in [-0.25, -0.2) is 0 Å². The number of primary amides is 1. The van der Waals surface area contributed by atoms with Crippen molar-refractivity contribution in [2.75, 3.05) is 11.1 Å². The monoisotopic (exact) mass is 213 g/mol. The molecule has 0 heterocycles. The van der Waals surface area contributed by atoms with Crippen LogP contribution in [0.25, 0.3) is 0 Å². The third-order valence-electron chi connectivity index (χ3n) is 1.81. The fourth-order valence-corrected chi connectivity index (χ4v) is 1.13. The van der Waals surface area contributed by atoms with Crippen molar-refractivity contribution in [1.82, 2.24) is 0 Å². The van der Waals surface area contributed by atoms with Crippen LogP contribution in [0.15, 0.2) is 18.2 Å². The van der Waals surface area contributed by atoms with Crippen molar-refractivity contribution in [2.45, 2.75) is 13.0 Å². The number of hydrogen-bond acceptors (Lipinski definition) is 3. The lowest BCUT2D eigenvalue weighted by Crippen LogP contribution is -2.32. The zero-order valence-electron chi connectivity index (χ0n) is 7.75. The average molecular weight is 214 g/mol. The molecule has 0 spiro atoms. The van der Waals surface area contributed by atoms with E-state index in [4.69, 9.17) is 23.1 Å². The molecule has 0 aromatic heterocycles. The summed E-state index contributed by atoms with van der Waals surface area (Å²) in [6.07, 6.45) is 0. The van der Waals surface area contributed by atoms with Crippen molar-refractivity contribution in [2.24, 2.45) is 5.73 Å². The number of carbonyl (C=O) groups excluding carboxylic acids is 1. The second kappa shape index (κ2) is 4.19. The highest BCUT2D eigenvalue weighted by Crippen LogP contribution is 2.23. The summed E-state index contributed by atoms with van der Waals surface area (Å²) in [6, 6.07) is 4.52. The SMILES string of the molecule is CC(Nc1cc(Cl)ccc1N)C(N)=O. The summed E-state index contributed by atoms with van der Waals surface area (Å²) in [4.78, 5) is 10.8. The lowest BCUT2D eigenvalue weighted by molar-refractivity contribution is -0.118. The van der Waals surface area contributed by atoms with Crippen LogP contribution in [-0.4, -0.2) is 11.9 Å². The van der Waals surface area contributed by atoms with E-state index in [-0.39, 0.29) is 0 Å². The van der Waals surface area contributed by atoms with Crippen LogP contribution in [-0.2, 0) is 4.79 Å². The summed E-state index contributed by atoms with van der Waals surface area (Å²) in [5.74, 6) is -0.440. The van der Waals surface area contributed by atoms with Gasteiger partial charge in [0.15, 0.2) is 0 Å². The molecule has 5 heteroatoms. The van der Waals surface area contributed by atoms with E-state index in [9.17, 15) is 4.79 Å². The number of amides is 1. The van der Waals surface area contributed by atoms with Crippen molar-refractivity contribution in [3.63, 3.8) is 0 Å². The lowest BCUT2D eigenvalue weighted by Gasteiger charge is -2.13. The first-order chi connectivity index (χ1) is 6.50. The molecule has 0 radical (unpaired) electrons. The van der Waals surface area contributed by atoms with Crippen LogP contribution in [0, 0.1) is 0 Å². The Morgan fingerprint density at radius 2 is 2.21 bits per heavy atom. The van der Waals surface area contributed by atoms with Gasteiger partial charge in [0.25, 0.3) is 0 Å². The van der Waals surface area contributed by atoms with Gasteiger partial charge < -0.3 is 16.8 Å². The number of nitrogen functional groups attached to an aromatic ring is 1. The largest absolute Gasteiger partial charge is 0.397 e. The third kappa shape index (κ3) is 2.53. The van der Waals surface area contributed by atoms with Gasteiger partial charge in [-0.3, -0.25) is 4.79 Å². The van der Waals surface area contributed by atoms with Crippen LogP contribution in [0.2, 0.25) is 5.02 Å². The normalized spacial score (nSPS) is 12.1. The van der Waals surface area contributed by atoms with Gasteiger partial charge in [0.1, 0.15) is 6.04 Å². The zero-order chi connectivity index (χ0) is 10.7. The number of halogens is 1.